The van der Waals surface area contributed by atoms with Gasteiger partial charge in [-0.1, -0.05) is 54.6 Å². The zero-order valence-corrected chi connectivity index (χ0v) is 15.0. The molecule has 0 aromatic heterocycles. The van der Waals surface area contributed by atoms with E-state index < -0.39 is 0 Å². The summed E-state index contributed by atoms with van der Waals surface area (Å²) in [5, 5.41) is 3.46. The third-order valence-corrected chi connectivity index (χ3v) is 4.41. The lowest BCUT2D eigenvalue weighted by Crippen LogP contribution is -2.18. The zero-order chi connectivity index (χ0) is 18.2. The molecule has 134 valence electrons. The highest BCUT2D eigenvalue weighted by atomic mass is 19.1. The van der Waals surface area contributed by atoms with Gasteiger partial charge in [-0.05, 0) is 47.9 Å². The first kappa shape index (κ1) is 18.2. The van der Waals surface area contributed by atoms with Crippen molar-refractivity contribution < 1.29 is 9.13 Å². The average Bonchev–Trinajstić information content (AvgIpc) is 2.69. The predicted molar refractivity (Wildman–Crippen MR) is 104 cm³/mol. The van der Waals surface area contributed by atoms with Crippen molar-refractivity contribution in [3.05, 3.63) is 101 Å². The molecule has 2 nitrogen and oxygen atoms in total. The SMILES string of the molecule is CC(NCc1ccc(F)cc1)c1ccc(OCCc2ccccc2)cc1. The molecule has 0 fully saturated rings. The molecule has 0 aliphatic rings. The Morgan fingerprint density at radius 3 is 2.23 bits per heavy atom. The van der Waals surface area contributed by atoms with Gasteiger partial charge >= 0.3 is 0 Å². The first-order valence-corrected chi connectivity index (χ1v) is 8.95. The molecule has 0 saturated carbocycles. The van der Waals surface area contributed by atoms with Crippen molar-refractivity contribution in [1.82, 2.24) is 5.32 Å². The predicted octanol–water partition coefficient (Wildman–Crippen LogP) is 5.30. The molecule has 0 bridgehead atoms. The maximum absolute atomic E-state index is 12.9. The molecule has 1 N–H and O–H groups in total. The van der Waals surface area contributed by atoms with Crippen LogP contribution in [-0.4, -0.2) is 6.61 Å². The third kappa shape index (κ3) is 5.43. The molecule has 0 heterocycles. The highest BCUT2D eigenvalue weighted by Gasteiger charge is 2.05. The van der Waals surface area contributed by atoms with Gasteiger partial charge in [0.2, 0.25) is 0 Å². The van der Waals surface area contributed by atoms with Gasteiger partial charge in [0, 0.05) is 19.0 Å². The van der Waals surface area contributed by atoms with E-state index in [0.29, 0.717) is 13.2 Å². The molecular weight excluding hydrogens is 325 g/mol. The lowest BCUT2D eigenvalue weighted by atomic mass is 10.1. The number of benzene rings is 3. The van der Waals surface area contributed by atoms with Crippen LogP contribution in [0.15, 0.2) is 78.9 Å². The van der Waals surface area contributed by atoms with Crippen molar-refractivity contribution in [2.24, 2.45) is 0 Å². The lowest BCUT2D eigenvalue weighted by Gasteiger charge is -2.15. The molecule has 0 saturated heterocycles. The van der Waals surface area contributed by atoms with Crippen molar-refractivity contribution in [2.75, 3.05) is 6.61 Å². The van der Waals surface area contributed by atoms with Crippen LogP contribution in [0.1, 0.15) is 29.7 Å². The van der Waals surface area contributed by atoms with Crippen LogP contribution in [0.3, 0.4) is 0 Å². The summed E-state index contributed by atoms with van der Waals surface area (Å²) in [4.78, 5) is 0. The van der Waals surface area contributed by atoms with E-state index in [4.69, 9.17) is 4.74 Å². The summed E-state index contributed by atoms with van der Waals surface area (Å²) in [5.74, 6) is 0.681. The van der Waals surface area contributed by atoms with Crippen LogP contribution in [0.4, 0.5) is 4.39 Å². The van der Waals surface area contributed by atoms with Crippen molar-refractivity contribution >= 4 is 0 Å². The highest BCUT2D eigenvalue weighted by Crippen LogP contribution is 2.18. The molecule has 1 unspecified atom stereocenters. The topological polar surface area (TPSA) is 21.3 Å². The van der Waals surface area contributed by atoms with Crippen LogP contribution in [0.25, 0.3) is 0 Å². The quantitative estimate of drug-likeness (QED) is 0.596. The summed E-state index contributed by atoms with van der Waals surface area (Å²) in [6.45, 7) is 3.49. The Morgan fingerprint density at radius 2 is 1.54 bits per heavy atom. The fourth-order valence-corrected chi connectivity index (χ4v) is 2.78. The second-order valence-electron chi connectivity index (χ2n) is 6.38. The maximum Gasteiger partial charge on any atom is 0.123 e. The Labute approximate surface area is 154 Å². The van der Waals surface area contributed by atoms with E-state index in [0.717, 1.165) is 17.7 Å². The van der Waals surface area contributed by atoms with E-state index in [1.54, 1.807) is 12.1 Å². The fraction of sp³-hybridized carbons (Fsp3) is 0.217. The first-order chi connectivity index (χ1) is 12.7. The minimum atomic E-state index is -0.204. The minimum absolute atomic E-state index is 0.204. The maximum atomic E-state index is 12.9. The van der Waals surface area contributed by atoms with Crippen LogP contribution in [0.5, 0.6) is 5.75 Å². The van der Waals surface area contributed by atoms with Gasteiger partial charge in [0.15, 0.2) is 0 Å². The van der Waals surface area contributed by atoms with Gasteiger partial charge in [-0.25, -0.2) is 4.39 Å². The third-order valence-electron chi connectivity index (χ3n) is 4.41. The van der Waals surface area contributed by atoms with Crippen LogP contribution in [0, 0.1) is 5.82 Å². The molecule has 3 heteroatoms. The number of hydrogen-bond acceptors (Lipinski definition) is 2. The number of nitrogens with one attached hydrogen (secondary N) is 1. The van der Waals surface area contributed by atoms with E-state index in [-0.39, 0.29) is 11.9 Å². The molecule has 0 aliphatic carbocycles. The summed E-state index contributed by atoms with van der Waals surface area (Å²) >= 11 is 0. The van der Waals surface area contributed by atoms with E-state index in [1.807, 2.05) is 30.3 Å². The Morgan fingerprint density at radius 1 is 0.846 bits per heavy atom. The van der Waals surface area contributed by atoms with Gasteiger partial charge in [-0.15, -0.1) is 0 Å². The second-order valence-corrected chi connectivity index (χ2v) is 6.38. The van der Waals surface area contributed by atoms with Crippen LogP contribution < -0.4 is 10.1 Å². The van der Waals surface area contributed by atoms with Crippen molar-refractivity contribution in [3.8, 4) is 5.75 Å². The highest BCUT2D eigenvalue weighted by molar-refractivity contribution is 5.29. The van der Waals surface area contributed by atoms with Crippen LogP contribution in [0.2, 0.25) is 0 Å². The molecular formula is C23H24FNO. The summed E-state index contributed by atoms with van der Waals surface area (Å²) in [6.07, 6.45) is 0.901. The van der Waals surface area contributed by atoms with Gasteiger partial charge in [-0.3, -0.25) is 0 Å². The average molecular weight is 349 g/mol. The van der Waals surface area contributed by atoms with Gasteiger partial charge in [-0.2, -0.15) is 0 Å². The zero-order valence-electron chi connectivity index (χ0n) is 15.0. The minimum Gasteiger partial charge on any atom is -0.493 e. The van der Waals surface area contributed by atoms with Gasteiger partial charge in [0.1, 0.15) is 11.6 Å². The van der Waals surface area contributed by atoms with E-state index in [1.165, 1.54) is 23.3 Å². The molecule has 3 aromatic carbocycles. The van der Waals surface area contributed by atoms with E-state index in [2.05, 4.69) is 36.5 Å². The normalized spacial score (nSPS) is 11.9. The molecule has 0 spiro atoms. The smallest absolute Gasteiger partial charge is 0.123 e. The van der Waals surface area contributed by atoms with Crippen LogP contribution >= 0.6 is 0 Å². The number of halogens is 1. The standard InChI is InChI=1S/C23H24FNO/c1-18(25-17-20-7-11-22(24)12-8-20)21-9-13-23(14-10-21)26-16-15-19-5-3-2-4-6-19/h2-14,18,25H,15-17H2,1H3. The number of ether oxygens (including phenoxy) is 1. The summed E-state index contributed by atoms with van der Waals surface area (Å²) in [5.41, 5.74) is 3.55. The molecule has 3 aromatic rings. The molecule has 0 amide bonds. The van der Waals surface area contributed by atoms with Crippen molar-refractivity contribution in [2.45, 2.75) is 25.9 Å². The Kier molecular flexibility index (Phi) is 6.39. The Bertz CT molecular complexity index is 785. The Balaban J connectivity index is 1.46. The second kappa shape index (κ2) is 9.16. The van der Waals surface area contributed by atoms with Gasteiger partial charge < -0.3 is 10.1 Å². The lowest BCUT2D eigenvalue weighted by molar-refractivity contribution is 0.322. The molecule has 26 heavy (non-hydrogen) atoms. The van der Waals surface area contributed by atoms with Crippen LogP contribution in [-0.2, 0) is 13.0 Å². The monoisotopic (exact) mass is 349 g/mol. The number of hydrogen-bond donors (Lipinski definition) is 1. The fourth-order valence-electron chi connectivity index (χ4n) is 2.78. The largest absolute Gasteiger partial charge is 0.493 e. The van der Waals surface area contributed by atoms with Gasteiger partial charge in [0.25, 0.3) is 0 Å². The summed E-state index contributed by atoms with van der Waals surface area (Å²) in [6, 6.07) is 25.3. The number of rotatable bonds is 8. The summed E-state index contributed by atoms with van der Waals surface area (Å²) in [7, 11) is 0. The molecule has 0 aliphatic heterocycles. The molecule has 1 atom stereocenters. The van der Waals surface area contributed by atoms with E-state index in [9.17, 15) is 4.39 Å². The van der Waals surface area contributed by atoms with Crippen molar-refractivity contribution in [3.63, 3.8) is 0 Å². The summed E-state index contributed by atoms with van der Waals surface area (Å²) < 4.78 is 18.8. The molecule has 3 rings (SSSR count). The van der Waals surface area contributed by atoms with E-state index >= 15 is 0 Å². The van der Waals surface area contributed by atoms with Crippen molar-refractivity contribution in [1.29, 1.82) is 0 Å². The Hall–Kier alpha value is -2.65. The van der Waals surface area contributed by atoms with Gasteiger partial charge in [0.05, 0.1) is 6.61 Å². The first-order valence-electron chi connectivity index (χ1n) is 8.95. The molecule has 0 radical (unpaired) electrons.